The Hall–Kier alpha value is -2.39. The molecule has 1 saturated heterocycles. The predicted octanol–water partition coefficient (Wildman–Crippen LogP) is 1.41. The minimum atomic E-state index is -0.281. The Morgan fingerprint density at radius 1 is 1.23 bits per heavy atom. The summed E-state index contributed by atoms with van der Waals surface area (Å²) in [4.78, 5) is 31.2. The van der Waals surface area contributed by atoms with Crippen LogP contribution in [0.25, 0.3) is 0 Å². The lowest BCUT2D eigenvalue weighted by atomic mass is 9.93. The molecule has 2 amide bonds. The second kappa shape index (κ2) is 8.33. The van der Waals surface area contributed by atoms with Gasteiger partial charge in [0.25, 0.3) is 0 Å². The predicted molar refractivity (Wildman–Crippen MR) is 98.0 cm³/mol. The van der Waals surface area contributed by atoms with E-state index in [1.54, 1.807) is 11.9 Å². The van der Waals surface area contributed by atoms with E-state index in [1.165, 1.54) is 11.1 Å². The molecule has 1 atom stereocenters. The second-order valence-corrected chi connectivity index (χ2v) is 7.15. The maximum absolute atomic E-state index is 13.1. The molecule has 2 aliphatic heterocycles. The molecule has 0 N–H and O–H groups in total. The number of fused-ring (bicyclic) bond motifs is 1. The van der Waals surface area contributed by atoms with Crippen LogP contribution in [-0.2, 0) is 22.6 Å². The van der Waals surface area contributed by atoms with Crippen LogP contribution in [0, 0.1) is 11.3 Å². The van der Waals surface area contributed by atoms with E-state index in [2.05, 4.69) is 18.2 Å². The van der Waals surface area contributed by atoms with Crippen LogP contribution in [0.5, 0.6) is 0 Å². The fourth-order valence-electron chi connectivity index (χ4n) is 3.77. The van der Waals surface area contributed by atoms with Gasteiger partial charge < -0.3 is 9.80 Å². The summed E-state index contributed by atoms with van der Waals surface area (Å²) < 4.78 is 0. The maximum Gasteiger partial charge on any atom is 0.240 e. The van der Waals surface area contributed by atoms with E-state index in [0.29, 0.717) is 25.9 Å². The number of hydrogen-bond acceptors (Lipinski definition) is 4. The molecule has 0 bridgehead atoms. The first-order valence-electron chi connectivity index (χ1n) is 9.30. The van der Waals surface area contributed by atoms with Gasteiger partial charge in [-0.2, -0.15) is 5.26 Å². The normalized spacial score (nSPS) is 19.7. The number of benzene rings is 1. The number of likely N-dealkylation sites (tertiary alicyclic amines) is 1. The zero-order valence-corrected chi connectivity index (χ0v) is 15.4. The van der Waals surface area contributed by atoms with Crippen LogP contribution in [0.2, 0.25) is 0 Å². The molecule has 2 aliphatic rings. The second-order valence-electron chi connectivity index (χ2n) is 7.15. The molecule has 0 spiro atoms. The van der Waals surface area contributed by atoms with Crippen molar-refractivity contribution in [3.05, 3.63) is 35.4 Å². The molecule has 0 aromatic heterocycles. The summed E-state index contributed by atoms with van der Waals surface area (Å²) in [6.45, 7) is 2.88. The van der Waals surface area contributed by atoms with Gasteiger partial charge in [0.05, 0.1) is 25.1 Å². The van der Waals surface area contributed by atoms with Crippen molar-refractivity contribution in [2.24, 2.45) is 0 Å². The molecule has 0 aliphatic carbocycles. The largest absolute Gasteiger partial charge is 0.344 e. The maximum atomic E-state index is 13.1. The minimum Gasteiger partial charge on any atom is -0.344 e. The van der Waals surface area contributed by atoms with Crippen LogP contribution in [0.15, 0.2) is 24.3 Å². The van der Waals surface area contributed by atoms with Crippen molar-refractivity contribution < 1.29 is 9.59 Å². The van der Waals surface area contributed by atoms with E-state index in [9.17, 15) is 9.59 Å². The lowest BCUT2D eigenvalue weighted by Crippen LogP contribution is -2.53. The Labute approximate surface area is 155 Å². The monoisotopic (exact) mass is 354 g/mol. The standard InChI is InChI=1S/C20H26N4O2/c1-22(10-6-9-21)19(25)15-24-14-17-8-3-2-7-16(17)13-18(24)20(26)23-11-4-5-12-23/h2-3,7-8,18H,4-6,10-15H2,1H3. The van der Waals surface area contributed by atoms with Gasteiger partial charge in [-0.05, 0) is 30.4 Å². The van der Waals surface area contributed by atoms with Crippen molar-refractivity contribution >= 4 is 11.8 Å². The highest BCUT2D eigenvalue weighted by Crippen LogP contribution is 2.25. The summed E-state index contributed by atoms with van der Waals surface area (Å²) >= 11 is 0. The van der Waals surface area contributed by atoms with E-state index in [1.807, 2.05) is 21.9 Å². The van der Waals surface area contributed by atoms with Crippen LogP contribution in [0.1, 0.15) is 30.4 Å². The number of nitrogens with zero attached hydrogens (tertiary/aromatic N) is 4. The van der Waals surface area contributed by atoms with Gasteiger partial charge in [-0.3, -0.25) is 14.5 Å². The van der Waals surface area contributed by atoms with Crippen molar-refractivity contribution in [2.45, 2.75) is 38.3 Å². The summed E-state index contributed by atoms with van der Waals surface area (Å²) in [7, 11) is 1.72. The number of carbonyl (C=O) groups is 2. The average Bonchev–Trinajstić information content (AvgIpc) is 3.19. The number of likely N-dealkylation sites (N-methyl/N-ethyl adjacent to an activating group) is 1. The first-order chi connectivity index (χ1) is 12.6. The highest BCUT2D eigenvalue weighted by Gasteiger charge is 2.36. The van der Waals surface area contributed by atoms with E-state index < -0.39 is 0 Å². The highest BCUT2D eigenvalue weighted by molar-refractivity contribution is 5.84. The van der Waals surface area contributed by atoms with Gasteiger partial charge in [0, 0.05) is 33.2 Å². The molecule has 26 heavy (non-hydrogen) atoms. The molecule has 1 fully saturated rings. The minimum absolute atomic E-state index is 0.0427. The topological polar surface area (TPSA) is 67.6 Å². The molecular formula is C20H26N4O2. The molecule has 1 unspecified atom stereocenters. The molecule has 138 valence electrons. The molecule has 0 radical (unpaired) electrons. The first-order valence-corrected chi connectivity index (χ1v) is 9.30. The van der Waals surface area contributed by atoms with Crippen molar-refractivity contribution in [3.63, 3.8) is 0 Å². The number of nitriles is 1. The van der Waals surface area contributed by atoms with E-state index in [-0.39, 0.29) is 24.4 Å². The fraction of sp³-hybridized carbons (Fsp3) is 0.550. The number of rotatable bonds is 5. The van der Waals surface area contributed by atoms with Crippen molar-refractivity contribution in [2.75, 3.05) is 33.2 Å². The number of hydrogen-bond donors (Lipinski definition) is 0. The Kier molecular flexibility index (Phi) is 5.89. The van der Waals surface area contributed by atoms with Gasteiger partial charge in [-0.15, -0.1) is 0 Å². The third-order valence-electron chi connectivity index (χ3n) is 5.37. The van der Waals surface area contributed by atoms with Gasteiger partial charge in [0.15, 0.2) is 0 Å². The summed E-state index contributed by atoms with van der Waals surface area (Å²) in [6.07, 6.45) is 3.09. The van der Waals surface area contributed by atoms with Gasteiger partial charge >= 0.3 is 0 Å². The van der Waals surface area contributed by atoms with Crippen molar-refractivity contribution in [3.8, 4) is 6.07 Å². The first kappa shape index (κ1) is 18.4. The third kappa shape index (κ3) is 4.05. The zero-order chi connectivity index (χ0) is 18.5. The quantitative estimate of drug-likeness (QED) is 0.802. The molecular weight excluding hydrogens is 328 g/mol. The third-order valence-corrected chi connectivity index (χ3v) is 5.37. The average molecular weight is 354 g/mol. The molecule has 1 aromatic carbocycles. The molecule has 6 heteroatoms. The van der Waals surface area contributed by atoms with Crippen LogP contribution < -0.4 is 0 Å². The Morgan fingerprint density at radius 2 is 1.92 bits per heavy atom. The highest BCUT2D eigenvalue weighted by atomic mass is 16.2. The Morgan fingerprint density at radius 3 is 2.62 bits per heavy atom. The van der Waals surface area contributed by atoms with Crippen LogP contribution >= 0.6 is 0 Å². The van der Waals surface area contributed by atoms with Crippen LogP contribution in [-0.4, -0.2) is 65.8 Å². The van der Waals surface area contributed by atoms with Crippen LogP contribution in [0.4, 0.5) is 0 Å². The lowest BCUT2D eigenvalue weighted by molar-refractivity contribution is -0.139. The van der Waals surface area contributed by atoms with Gasteiger partial charge in [-0.25, -0.2) is 0 Å². The smallest absolute Gasteiger partial charge is 0.240 e. The molecule has 6 nitrogen and oxygen atoms in total. The van der Waals surface area contributed by atoms with Crippen molar-refractivity contribution in [1.29, 1.82) is 5.26 Å². The lowest BCUT2D eigenvalue weighted by Gasteiger charge is -2.38. The van der Waals surface area contributed by atoms with Gasteiger partial charge in [0.1, 0.15) is 0 Å². The van der Waals surface area contributed by atoms with E-state index >= 15 is 0 Å². The number of carbonyl (C=O) groups excluding carboxylic acids is 2. The molecule has 2 heterocycles. The molecule has 0 saturated carbocycles. The van der Waals surface area contributed by atoms with Gasteiger partial charge in [0.2, 0.25) is 11.8 Å². The van der Waals surface area contributed by atoms with E-state index in [0.717, 1.165) is 25.9 Å². The van der Waals surface area contributed by atoms with Gasteiger partial charge in [-0.1, -0.05) is 24.3 Å². The Balaban J connectivity index is 1.76. The summed E-state index contributed by atoms with van der Waals surface area (Å²) in [5.41, 5.74) is 2.39. The molecule has 3 rings (SSSR count). The summed E-state index contributed by atoms with van der Waals surface area (Å²) in [5.74, 6) is 0.100. The fourth-order valence-corrected chi connectivity index (χ4v) is 3.77. The Bertz CT molecular complexity index is 706. The SMILES string of the molecule is CN(CCC#N)C(=O)CN1Cc2ccccc2CC1C(=O)N1CCCC1. The van der Waals surface area contributed by atoms with Crippen LogP contribution in [0.3, 0.4) is 0 Å². The van der Waals surface area contributed by atoms with Crippen molar-refractivity contribution in [1.82, 2.24) is 14.7 Å². The molecule has 1 aromatic rings. The summed E-state index contributed by atoms with van der Waals surface area (Å²) in [6, 6.07) is 9.95. The zero-order valence-electron chi connectivity index (χ0n) is 15.4. The van der Waals surface area contributed by atoms with E-state index in [4.69, 9.17) is 5.26 Å². The summed E-state index contributed by atoms with van der Waals surface area (Å²) in [5, 5.41) is 8.72. The number of amides is 2.